The van der Waals surface area contributed by atoms with E-state index in [-0.39, 0.29) is 0 Å². The Morgan fingerprint density at radius 1 is 1.25 bits per heavy atom. The smallest absolute Gasteiger partial charge is 0.325 e. The minimum absolute atomic E-state index is 0.336. The number of carboxylic acid groups (broad SMARTS) is 2. The van der Waals surface area contributed by atoms with Crippen LogP contribution in [0.4, 0.5) is 0 Å². The van der Waals surface area contributed by atoms with Crippen molar-refractivity contribution >= 4 is 11.9 Å². The van der Waals surface area contributed by atoms with Crippen LogP contribution in [0.2, 0.25) is 0 Å². The molecule has 0 bridgehead atoms. The monoisotopic (exact) mass is 283 g/mol. The lowest BCUT2D eigenvalue weighted by Crippen LogP contribution is -2.35. The second kappa shape index (κ2) is 6.76. The van der Waals surface area contributed by atoms with Crippen molar-refractivity contribution in [2.45, 2.75) is 6.04 Å². The largest absolute Gasteiger partial charge is 0.497 e. The molecule has 1 unspecified atom stereocenters. The van der Waals surface area contributed by atoms with Gasteiger partial charge >= 0.3 is 11.9 Å². The SMILES string of the molecule is COc1ccc(OC)c(C(C(=O)O)N(C)CC(=O)O)c1. The number of rotatable bonds is 7. The Morgan fingerprint density at radius 2 is 1.90 bits per heavy atom. The molecule has 0 aliphatic heterocycles. The zero-order chi connectivity index (χ0) is 15.3. The fourth-order valence-electron chi connectivity index (χ4n) is 1.92. The van der Waals surface area contributed by atoms with E-state index in [0.717, 1.165) is 0 Å². The van der Waals surface area contributed by atoms with Crippen molar-refractivity contribution in [3.63, 3.8) is 0 Å². The van der Waals surface area contributed by atoms with Crippen molar-refractivity contribution in [3.05, 3.63) is 23.8 Å². The van der Waals surface area contributed by atoms with Crippen LogP contribution in [0, 0.1) is 0 Å². The maximum absolute atomic E-state index is 11.5. The van der Waals surface area contributed by atoms with Gasteiger partial charge in [-0.25, -0.2) is 0 Å². The summed E-state index contributed by atoms with van der Waals surface area (Å²) in [6.45, 7) is -0.405. The molecule has 0 heterocycles. The quantitative estimate of drug-likeness (QED) is 0.765. The highest BCUT2D eigenvalue weighted by atomic mass is 16.5. The van der Waals surface area contributed by atoms with Crippen LogP contribution in [0.5, 0.6) is 11.5 Å². The number of carboxylic acids is 2. The third kappa shape index (κ3) is 3.61. The van der Waals surface area contributed by atoms with Crippen LogP contribution in [-0.2, 0) is 9.59 Å². The molecule has 0 saturated heterocycles. The van der Waals surface area contributed by atoms with Crippen LogP contribution < -0.4 is 9.47 Å². The minimum atomic E-state index is -1.17. The number of nitrogens with zero attached hydrogens (tertiary/aromatic N) is 1. The van der Waals surface area contributed by atoms with Crippen LogP contribution in [0.3, 0.4) is 0 Å². The summed E-state index contributed by atoms with van der Waals surface area (Å²) >= 11 is 0. The first-order chi connectivity index (χ1) is 9.40. The van der Waals surface area contributed by atoms with Crippen LogP contribution in [0.1, 0.15) is 11.6 Å². The Labute approximate surface area is 116 Å². The van der Waals surface area contributed by atoms with Gasteiger partial charge in [-0.3, -0.25) is 14.5 Å². The van der Waals surface area contributed by atoms with E-state index in [4.69, 9.17) is 14.6 Å². The molecule has 0 radical (unpaired) electrons. The van der Waals surface area contributed by atoms with Crippen molar-refractivity contribution in [1.29, 1.82) is 0 Å². The van der Waals surface area contributed by atoms with E-state index in [1.807, 2.05) is 0 Å². The molecule has 1 atom stereocenters. The van der Waals surface area contributed by atoms with E-state index in [1.54, 1.807) is 12.1 Å². The number of hydrogen-bond acceptors (Lipinski definition) is 5. The summed E-state index contributed by atoms with van der Waals surface area (Å²) in [6.07, 6.45) is 0. The summed E-state index contributed by atoms with van der Waals surface area (Å²) in [4.78, 5) is 23.4. The number of carbonyl (C=O) groups is 2. The fraction of sp³-hybridized carbons (Fsp3) is 0.385. The number of methoxy groups -OCH3 is 2. The molecule has 1 rings (SSSR count). The molecule has 20 heavy (non-hydrogen) atoms. The maximum atomic E-state index is 11.5. The van der Waals surface area contributed by atoms with Crippen LogP contribution in [0.15, 0.2) is 18.2 Å². The number of ether oxygens (including phenoxy) is 2. The van der Waals surface area contributed by atoms with Gasteiger partial charge in [0.25, 0.3) is 0 Å². The summed E-state index contributed by atoms with van der Waals surface area (Å²) in [5.41, 5.74) is 0.336. The lowest BCUT2D eigenvalue weighted by molar-refractivity contribution is -0.145. The van der Waals surface area contributed by atoms with Gasteiger partial charge in [-0.1, -0.05) is 0 Å². The molecule has 7 nitrogen and oxygen atoms in total. The summed E-state index contributed by atoms with van der Waals surface area (Å²) in [5.74, 6) is -1.45. The number of likely N-dealkylation sites (N-methyl/N-ethyl adjacent to an activating group) is 1. The zero-order valence-corrected chi connectivity index (χ0v) is 11.5. The van der Waals surface area contributed by atoms with Gasteiger partial charge < -0.3 is 19.7 Å². The van der Waals surface area contributed by atoms with E-state index < -0.39 is 24.5 Å². The maximum Gasteiger partial charge on any atom is 0.325 e. The Hall–Kier alpha value is -2.28. The molecule has 0 aliphatic rings. The normalized spacial score (nSPS) is 12.0. The molecule has 0 saturated carbocycles. The van der Waals surface area contributed by atoms with Gasteiger partial charge in [-0.15, -0.1) is 0 Å². The lowest BCUT2D eigenvalue weighted by Gasteiger charge is -2.25. The number of aliphatic carboxylic acids is 2. The van der Waals surface area contributed by atoms with Crippen molar-refractivity contribution in [2.75, 3.05) is 27.8 Å². The number of benzene rings is 1. The summed E-state index contributed by atoms with van der Waals surface area (Å²) in [7, 11) is 4.30. The molecule has 7 heteroatoms. The van der Waals surface area contributed by atoms with Gasteiger partial charge in [0.05, 0.1) is 20.8 Å². The standard InChI is InChI=1S/C13H17NO6/c1-14(7-11(15)16)12(13(17)18)9-6-8(19-2)4-5-10(9)20-3/h4-6,12H,7H2,1-3H3,(H,15,16)(H,17,18). The molecule has 0 aromatic heterocycles. The first kappa shape index (κ1) is 15.8. The van der Waals surface area contributed by atoms with Crippen molar-refractivity contribution in [3.8, 4) is 11.5 Å². The highest BCUT2D eigenvalue weighted by Crippen LogP contribution is 2.32. The second-order valence-corrected chi connectivity index (χ2v) is 4.16. The van der Waals surface area contributed by atoms with Crippen LogP contribution >= 0.6 is 0 Å². The molecule has 1 aromatic rings. The molecule has 0 amide bonds. The Kier molecular flexibility index (Phi) is 5.33. The van der Waals surface area contributed by atoms with E-state index in [2.05, 4.69) is 0 Å². The highest BCUT2D eigenvalue weighted by Gasteiger charge is 2.29. The summed E-state index contributed by atoms with van der Waals surface area (Å²) in [5, 5.41) is 18.2. The van der Waals surface area contributed by atoms with Crippen molar-refractivity contribution < 1.29 is 29.3 Å². The molecular formula is C13H17NO6. The minimum Gasteiger partial charge on any atom is -0.497 e. The van der Waals surface area contributed by atoms with Crippen molar-refractivity contribution in [2.24, 2.45) is 0 Å². The predicted octanol–water partition coefficient (Wildman–Crippen LogP) is 0.846. The molecular weight excluding hydrogens is 266 g/mol. The molecule has 0 aliphatic carbocycles. The third-order valence-electron chi connectivity index (χ3n) is 2.79. The molecule has 0 spiro atoms. The Bertz CT molecular complexity index is 502. The zero-order valence-electron chi connectivity index (χ0n) is 11.5. The van der Waals surface area contributed by atoms with Gasteiger partial charge in [0.2, 0.25) is 0 Å². The average Bonchev–Trinajstić information content (AvgIpc) is 2.37. The summed E-state index contributed by atoms with van der Waals surface area (Å²) in [6, 6.07) is 3.60. The highest BCUT2D eigenvalue weighted by molar-refractivity contribution is 5.78. The van der Waals surface area contributed by atoms with Gasteiger partial charge in [0, 0.05) is 5.56 Å². The molecule has 2 N–H and O–H groups in total. The fourth-order valence-corrected chi connectivity index (χ4v) is 1.92. The van der Waals surface area contributed by atoms with E-state index in [9.17, 15) is 14.7 Å². The van der Waals surface area contributed by atoms with Gasteiger partial charge in [-0.05, 0) is 25.2 Å². The molecule has 1 aromatic carbocycles. The van der Waals surface area contributed by atoms with Crippen LogP contribution in [-0.4, -0.2) is 54.9 Å². The first-order valence-corrected chi connectivity index (χ1v) is 5.77. The Morgan fingerprint density at radius 3 is 2.35 bits per heavy atom. The second-order valence-electron chi connectivity index (χ2n) is 4.16. The van der Waals surface area contributed by atoms with E-state index >= 15 is 0 Å². The van der Waals surface area contributed by atoms with E-state index in [1.165, 1.54) is 32.2 Å². The molecule has 0 fully saturated rings. The molecule has 110 valence electrons. The predicted molar refractivity (Wildman–Crippen MR) is 70.2 cm³/mol. The van der Waals surface area contributed by atoms with Gasteiger partial charge in [0.1, 0.15) is 17.5 Å². The first-order valence-electron chi connectivity index (χ1n) is 5.77. The third-order valence-corrected chi connectivity index (χ3v) is 2.79. The number of hydrogen-bond donors (Lipinski definition) is 2. The van der Waals surface area contributed by atoms with Crippen molar-refractivity contribution in [1.82, 2.24) is 4.90 Å². The van der Waals surface area contributed by atoms with Crippen LogP contribution in [0.25, 0.3) is 0 Å². The summed E-state index contributed by atoms with van der Waals surface area (Å²) < 4.78 is 10.2. The topological polar surface area (TPSA) is 96.3 Å². The van der Waals surface area contributed by atoms with Gasteiger partial charge in [0.15, 0.2) is 0 Å². The Balaban J connectivity index is 3.26. The van der Waals surface area contributed by atoms with Gasteiger partial charge in [-0.2, -0.15) is 0 Å². The average molecular weight is 283 g/mol. The van der Waals surface area contributed by atoms with E-state index in [0.29, 0.717) is 17.1 Å². The lowest BCUT2D eigenvalue weighted by atomic mass is 10.0.